The summed E-state index contributed by atoms with van der Waals surface area (Å²) in [5.74, 6) is -0.960. The molecule has 3 aromatic carbocycles. The van der Waals surface area contributed by atoms with Gasteiger partial charge in [-0.05, 0) is 107 Å². The number of nitrogens with one attached hydrogen (secondary N) is 4. The molecule has 0 unspecified atom stereocenters. The first kappa shape index (κ1) is 39.3. The van der Waals surface area contributed by atoms with Crippen molar-refractivity contribution < 1.29 is 33.8 Å². The molecule has 0 aliphatic heterocycles. The van der Waals surface area contributed by atoms with Gasteiger partial charge < -0.3 is 35.8 Å². The average Bonchev–Trinajstić information content (AvgIpc) is 3.05. The van der Waals surface area contributed by atoms with Crippen LogP contribution in [0.4, 0.5) is 9.59 Å². The van der Waals surface area contributed by atoms with Gasteiger partial charge in [0.05, 0.1) is 8.95 Å². The smallest absolute Gasteiger partial charge is 0.408 e. The van der Waals surface area contributed by atoms with Crippen molar-refractivity contribution in [3.8, 4) is 5.75 Å². The van der Waals surface area contributed by atoms with Gasteiger partial charge in [-0.15, -0.1) is 0 Å². The number of unbranched alkanes of at least 4 members (excludes halogenated alkanes) is 1. The quantitative estimate of drug-likeness (QED) is 0.107. The normalized spacial score (nSPS) is 12.3. The molecule has 11 nitrogen and oxygen atoms in total. The van der Waals surface area contributed by atoms with E-state index in [9.17, 15) is 24.3 Å². The van der Waals surface area contributed by atoms with E-state index in [2.05, 4.69) is 53.1 Å². The van der Waals surface area contributed by atoms with Crippen LogP contribution in [-0.2, 0) is 38.5 Å². The molecule has 0 saturated carbocycles. The van der Waals surface area contributed by atoms with E-state index < -0.39 is 35.8 Å². The van der Waals surface area contributed by atoms with Crippen LogP contribution in [0.2, 0.25) is 0 Å². The first-order chi connectivity index (χ1) is 23.3. The van der Waals surface area contributed by atoms with Crippen LogP contribution in [0.25, 0.3) is 0 Å². The number of carbonyl (C=O) groups excluding carboxylic acids is 4. The number of hydrogen-bond acceptors (Lipinski definition) is 7. The Morgan fingerprint density at radius 2 is 1.35 bits per heavy atom. The molecular formula is C36H44Br2N4O7. The SMILES string of the molecule is CC(C)(C)OC(=O)N[C@H](Cc1cc(Br)c(O)c(Br)c1)C(=O)N[C@H](CCCCNC(=O)OCc1ccccc1)C(=O)NCCc1ccccc1. The lowest BCUT2D eigenvalue weighted by atomic mass is 10.0. The molecule has 3 rings (SSSR count). The lowest BCUT2D eigenvalue weighted by Gasteiger charge is -2.25. The highest BCUT2D eigenvalue weighted by molar-refractivity contribution is 9.11. The van der Waals surface area contributed by atoms with Gasteiger partial charge in [0.15, 0.2) is 0 Å². The number of ether oxygens (including phenoxy) is 2. The Kier molecular flexibility index (Phi) is 15.9. The summed E-state index contributed by atoms with van der Waals surface area (Å²) in [7, 11) is 0. The predicted octanol–water partition coefficient (Wildman–Crippen LogP) is 6.29. The van der Waals surface area contributed by atoms with Crippen LogP contribution in [0.1, 0.15) is 56.7 Å². The van der Waals surface area contributed by atoms with Crippen molar-refractivity contribution in [2.24, 2.45) is 0 Å². The van der Waals surface area contributed by atoms with Gasteiger partial charge >= 0.3 is 12.2 Å². The molecule has 5 N–H and O–H groups in total. The second-order valence-corrected chi connectivity index (χ2v) is 14.1. The van der Waals surface area contributed by atoms with Gasteiger partial charge in [0, 0.05) is 19.5 Å². The fourth-order valence-corrected chi connectivity index (χ4v) is 5.99. The van der Waals surface area contributed by atoms with E-state index in [1.165, 1.54) is 0 Å². The predicted molar refractivity (Wildman–Crippen MR) is 194 cm³/mol. The largest absolute Gasteiger partial charge is 0.506 e. The third kappa shape index (κ3) is 14.9. The van der Waals surface area contributed by atoms with E-state index in [0.29, 0.717) is 46.9 Å². The van der Waals surface area contributed by atoms with Gasteiger partial charge in [-0.2, -0.15) is 0 Å². The monoisotopic (exact) mass is 802 g/mol. The molecule has 0 radical (unpaired) electrons. The molecule has 0 saturated heterocycles. The van der Waals surface area contributed by atoms with Crippen LogP contribution in [-0.4, -0.2) is 59.9 Å². The van der Waals surface area contributed by atoms with Gasteiger partial charge in [-0.3, -0.25) is 9.59 Å². The van der Waals surface area contributed by atoms with Gasteiger partial charge in [0.25, 0.3) is 0 Å². The van der Waals surface area contributed by atoms with Crippen LogP contribution in [0.3, 0.4) is 0 Å². The Morgan fingerprint density at radius 3 is 1.96 bits per heavy atom. The number of phenols is 1. The standard InChI is InChI=1S/C36H44Br2N4O7/c1-36(2,3)49-35(47)42-30(22-26-20-27(37)31(43)28(38)21-26)33(45)41-29(32(44)39-19-17-24-12-6-4-7-13-24)16-10-11-18-40-34(46)48-23-25-14-8-5-9-15-25/h4-9,12-15,20-21,29-30,43H,10-11,16-19,22-23H2,1-3H3,(H,39,44)(H,40,46)(H,41,45)(H,42,47)/t29-,30-/m1/s1. The van der Waals surface area contributed by atoms with Gasteiger partial charge in [0.2, 0.25) is 11.8 Å². The molecule has 49 heavy (non-hydrogen) atoms. The maximum Gasteiger partial charge on any atom is 0.408 e. The molecular weight excluding hydrogens is 760 g/mol. The van der Waals surface area contributed by atoms with Crippen LogP contribution < -0.4 is 21.3 Å². The first-order valence-corrected chi connectivity index (χ1v) is 17.6. The van der Waals surface area contributed by atoms with Crippen molar-refractivity contribution in [2.75, 3.05) is 13.1 Å². The second kappa shape index (κ2) is 19.8. The van der Waals surface area contributed by atoms with E-state index in [0.717, 1.165) is 11.1 Å². The Labute approximate surface area is 304 Å². The minimum absolute atomic E-state index is 0.00367. The van der Waals surface area contributed by atoms with Crippen molar-refractivity contribution in [3.63, 3.8) is 0 Å². The molecule has 3 aromatic rings. The summed E-state index contributed by atoms with van der Waals surface area (Å²) >= 11 is 6.61. The molecule has 0 aliphatic carbocycles. The molecule has 0 fully saturated rings. The molecule has 0 bridgehead atoms. The Bertz CT molecular complexity index is 1510. The Hall–Kier alpha value is -4.10. The molecule has 0 spiro atoms. The van der Waals surface area contributed by atoms with Crippen molar-refractivity contribution in [3.05, 3.63) is 98.4 Å². The summed E-state index contributed by atoms with van der Waals surface area (Å²) < 4.78 is 11.5. The second-order valence-electron chi connectivity index (χ2n) is 12.4. The molecule has 0 aromatic heterocycles. The zero-order valence-corrected chi connectivity index (χ0v) is 31.1. The number of alkyl carbamates (subject to hydrolysis) is 2. The summed E-state index contributed by atoms with van der Waals surface area (Å²) in [4.78, 5) is 52.1. The molecule has 264 valence electrons. The van der Waals surface area contributed by atoms with Crippen molar-refractivity contribution in [1.29, 1.82) is 0 Å². The topological polar surface area (TPSA) is 155 Å². The van der Waals surface area contributed by atoms with Gasteiger partial charge in [0.1, 0.15) is 30.0 Å². The molecule has 4 amide bonds. The van der Waals surface area contributed by atoms with Crippen LogP contribution in [0.5, 0.6) is 5.75 Å². The third-order valence-electron chi connectivity index (χ3n) is 7.11. The maximum atomic E-state index is 13.8. The lowest BCUT2D eigenvalue weighted by molar-refractivity contribution is -0.130. The highest BCUT2D eigenvalue weighted by atomic mass is 79.9. The number of phenolic OH excluding ortho intramolecular Hbond substituents is 1. The number of hydrogen-bond donors (Lipinski definition) is 5. The van der Waals surface area contributed by atoms with Crippen LogP contribution >= 0.6 is 31.9 Å². The number of benzene rings is 3. The highest BCUT2D eigenvalue weighted by Crippen LogP contribution is 2.33. The number of halogens is 2. The maximum absolute atomic E-state index is 13.8. The Balaban J connectivity index is 1.66. The summed E-state index contributed by atoms with van der Waals surface area (Å²) in [5, 5.41) is 21.2. The number of aromatic hydroxyl groups is 1. The van der Waals surface area contributed by atoms with E-state index >= 15 is 0 Å². The van der Waals surface area contributed by atoms with E-state index in [-0.39, 0.29) is 31.1 Å². The number of carbonyl (C=O) groups is 4. The molecule has 0 aliphatic rings. The minimum atomic E-state index is -1.11. The van der Waals surface area contributed by atoms with Crippen LogP contribution in [0.15, 0.2) is 81.7 Å². The minimum Gasteiger partial charge on any atom is -0.506 e. The Morgan fingerprint density at radius 1 is 0.735 bits per heavy atom. The summed E-state index contributed by atoms with van der Waals surface area (Å²) in [5.41, 5.74) is 1.75. The van der Waals surface area contributed by atoms with E-state index in [1.54, 1.807) is 32.9 Å². The summed E-state index contributed by atoms with van der Waals surface area (Å²) in [6.07, 6.45) is 0.612. The fraction of sp³-hybridized carbons (Fsp3) is 0.389. The molecule has 2 atom stereocenters. The zero-order chi connectivity index (χ0) is 35.8. The molecule has 13 heteroatoms. The number of amides is 4. The van der Waals surface area contributed by atoms with Gasteiger partial charge in [-0.25, -0.2) is 9.59 Å². The zero-order valence-electron chi connectivity index (χ0n) is 27.9. The third-order valence-corrected chi connectivity index (χ3v) is 8.32. The van der Waals surface area contributed by atoms with Crippen molar-refractivity contribution in [1.82, 2.24) is 21.3 Å². The van der Waals surface area contributed by atoms with Crippen molar-refractivity contribution >= 4 is 55.9 Å². The summed E-state index contributed by atoms with van der Waals surface area (Å²) in [6, 6.07) is 20.3. The van der Waals surface area contributed by atoms with Crippen molar-refractivity contribution in [2.45, 2.75) is 77.2 Å². The van der Waals surface area contributed by atoms with E-state index in [1.807, 2.05) is 60.7 Å². The average molecular weight is 805 g/mol. The summed E-state index contributed by atoms with van der Waals surface area (Å²) in [6.45, 7) is 5.97. The fourth-order valence-electron chi connectivity index (χ4n) is 4.71. The van der Waals surface area contributed by atoms with E-state index in [4.69, 9.17) is 9.47 Å². The van der Waals surface area contributed by atoms with Gasteiger partial charge in [-0.1, -0.05) is 60.7 Å². The van der Waals surface area contributed by atoms with Crippen LogP contribution in [0, 0.1) is 0 Å². The highest BCUT2D eigenvalue weighted by Gasteiger charge is 2.29. The first-order valence-electron chi connectivity index (χ1n) is 16.0. The number of rotatable bonds is 16. The molecule has 0 heterocycles. The lowest BCUT2D eigenvalue weighted by Crippen LogP contribution is -2.55.